The minimum absolute atomic E-state index is 0.842. The number of nitrogens with zero attached hydrogens (tertiary/aromatic N) is 4. The van der Waals surface area contributed by atoms with Crippen molar-refractivity contribution in [2.45, 2.75) is 6.54 Å². The first-order valence-corrected chi connectivity index (χ1v) is 11.4. The first-order chi connectivity index (χ1) is 15.3. The standard InChI is InChI=1S/C25H25N5S/c1-3-7-21(8-4-1)23-18-27-25(31-23)28-24-17-20(11-12-26-24)19-29-13-15-30(16-14-29)22-9-5-2-6-10-22/h1-12,17-18H,13-16,19H2,(H,26,27,28). The molecule has 0 saturated carbocycles. The molecule has 4 aromatic rings. The predicted molar refractivity (Wildman–Crippen MR) is 129 cm³/mol. The molecule has 31 heavy (non-hydrogen) atoms. The van der Waals surface area contributed by atoms with Crippen LogP contribution in [-0.4, -0.2) is 41.0 Å². The molecular weight excluding hydrogens is 402 g/mol. The third-order valence-electron chi connectivity index (χ3n) is 5.52. The van der Waals surface area contributed by atoms with Crippen molar-refractivity contribution in [3.63, 3.8) is 0 Å². The zero-order valence-electron chi connectivity index (χ0n) is 17.3. The average molecular weight is 428 g/mol. The molecule has 1 N–H and O–H groups in total. The number of aromatic nitrogens is 2. The second-order valence-corrected chi connectivity index (χ2v) is 8.70. The average Bonchev–Trinajstić information content (AvgIpc) is 3.29. The van der Waals surface area contributed by atoms with E-state index < -0.39 is 0 Å². The van der Waals surface area contributed by atoms with Gasteiger partial charge in [-0.3, -0.25) is 4.90 Å². The maximum atomic E-state index is 4.52. The van der Waals surface area contributed by atoms with E-state index in [1.54, 1.807) is 11.3 Å². The Morgan fingerprint density at radius 3 is 2.35 bits per heavy atom. The van der Waals surface area contributed by atoms with Crippen molar-refractivity contribution in [2.24, 2.45) is 0 Å². The molecule has 5 rings (SSSR count). The van der Waals surface area contributed by atoms with E-state index in [0.29, 0.717) is 0 Å². The van der Waals surface area contributed by atoms with Crippen molar-refractivity contribution >= 4 is 28.0 Å². The molecule has 0 radical (unpaired) electrons. The van der Waals surface area contributed by atoms with Crippen molar-refractivity contribution < 1.29 is 0 Å². The monoisotopic (exact) mass is 427 g/mol. The Labute approximate surface area is 187 Å². The van der Waals surface area contributed by atoms with E-state index in [0.717, 1.165) is 48.6 Å². The molecule has 3 heterocycles. The maximum Gasteiger partial charge on any atom is 0.188 e. The van der Waals surface area contributed by atoms with Crippen LogP contribution in [0.15, 0.2) is 85.2 Å². The molecule has 5 nitrogen and oxygen atoms in total. The lowest BCUT2D eigenvalue weighted by Crippen LogP contribution is -2.45. The van der Waals surface area contributed by atoms with Crippen molar-refractivity contribution in [3.8, 4) is 10.4 Å². The summed E-state index contributed by atoms with van der Waals surface area (Å²) in [5.74, 6) is 0.842. The minimum Gasteiger partial charge on any atom is -0.369 e. The molecule has 0 unspecified atom stereocenters. The Morgan fingerprint density at radius 1 is 0.839 bits per heavy atom. The number of rotatable bonds is 6. The number of benzene rings is 2. The highest BCUT2D eigenvalue weighted by Gasteiger charge is 2.17. The molecule has 0 aliphatic carbocycles. The van der Waals surface area contributed by atoms with Gasteiger partial charge in [0.2, 0.25) is 0 Å². The van der Waals surface area contributed by atoms with Gasteiger partial charge in [-0.05, 0) is 35.4 Å². The summed E-state index contributed by atoms with van der Waals surface area (Å²) in [7, 11) is 0. The van der Waals surface area contributed by atoms with Gasteiger partial charge in [-0.2, -0.15) is 0 Å². The lowest BCUT2D eigenvalue weighted by molar-refractivity contribution is 0.250. The van der Waals surface area contributed by atoms with E-state index in [1.807, 2.05) is 30.6 Å². The van der Waals surface area contributed by atoms with Crippen molar-refractivity contribution in [1.29, 1.82) is 0 Å². The maximum absolute atomic E-state index is 4.52. The Kier molecular flexibility index (Phi) is 5.91. The fraction of sp³-hybridized carbons (Fsp3) is 0.200. The minimum atomic E-state index is 0.842. The van der Waals surface area contributed by atoms with E-state index in [2.05, 4.69) is 79.7 Å². The Balaban J connectivity index is 1.19. The van der Waals surface area contributed by atoms with E-state index in [-0.39, 0.29) is 0 Å². The van der Waals surface area contributed by atoms with Crippen LogP contribution < -0.4 is 10.2 Å². The third kappa shape index (κ3) is 4.93. The number of hydrogen-bond acceptors (Lipinski definition) is 6. The number of pyridine rings is 1. The first-order valence-electron chi connectivity index (χ1n) is 10.6. The fourth-order valence-electron chi connectivity index (χ4n) is 3.88. The van der Waals surface area contributed by atoms with Gasteiger partial charge in [0.1, 0.15) is 5.82 Å². The Hall–Kier alpha value is -3.22. The predicted octanol–water partition coefficient (Wildman–Crippen LogP) is 5.27. The molecule has 1 saturated heterocycles. The summed E-state index contributed by atoms with van der Waals surface area (Å²) in [5, 5.41) is 4.23. The number of hydrogen-bond donors (Lipinski definition) is 1. The van der Waals surface area contributed by atoms with Gasteiger partial charge in [0, 0.05) is 50.8 Å². The van der Waals surface area contributed by atoms with Gasteiger partial charge < -0.3 is 10.2 Å². The summed E-state index contributed by atoms with van der Waals surface area (Å²) in [4.78, 5) is 15.1. The summed E-state index contributed by atoms with van der Waals surface area (Å²) < 4.78 is 0. The van der Waals surface area contributed by atoms with Crippen LogP contribution in [0.3, 0.4) is 0 Å². The lowest BCUT2D eigenvalue weighted by Gasteiger charge is -2.36. The summed E-state index contributed by atoms with van der Waals surface area (Å²) in [6.45, 7) is 5.18. The van der Waals surface area contributed by atoms with Crippen molar-refractivity contribution in [2.75, 3.05) is 36.4 Å². The van der Waals surface area contributed by atoms with Crippen LogP contribution >= 0.6 is 11.3 Å². The highest BCUT2D eigenvalue weighted by molar-refractivity contribution is 7.18. The zero-order chi connectivity index (χ0) is 20.9. The highest BCUT2D eigenvalue weighted by atomic mass is 32.1. The summed E-state index contributed by atoms with van der Waals surface area (Å²) >= 11 is 1.64. The van der Waals surface area contributed by atoms with Gasteiger partial charge in [-0.1, -0.05) is 59.9 Å². The van der Waals surface area contributed by atoms with E-state index in [4.69, 9.17) is 0 Å². The molecule has 2 aromatic carbocycles. The molecule has 1 aliphatic rings. The SMILES string of the molecule is c1ccc(-c2cnc(Nc3cc(CN4CCN(c5ccccc5)CC4)ccn3)s2)cc1. The Bertz CT molecular complexity index is 1100. The van der Waals surface area contributed by atoms with Crippen molar-refractivity contribution in [1.82, 2.24) is 14.9 Å². The third-order valence-corrected chi connectivity index (χ3v) is 6.49. The molecule has 0 bridgehead atoms. The molecule has 0 spiro atoms. The molecule has 0 atom stereocenters. The topological polar surface area (TPSA) is 44.3 Å². The molecule has 0 amide bonds. The van der Waals surface area contributed by atoms with Crippen LogP contribution in [0, 0.1) is 0 Å². The quantitative estimate of drug-likeness (QED) is 0.454. The highest BCUT2D eigenvalue weighted by Crippen LogP contribution is 2.30. The van der Waals surface area contributed by atoms with E-state index in [9.17, 15) is 0 Å². The van der Waals surface area contributed by atoms with E-state index >= 15 is 0 Å². The first kappa shape index (κ1) is 19.7. The molecule has 6 heteroatoms. The molecular formula is C25H25N5S. The molecule has 2 aromatic heterocycles. The fourth-order valence-corrected chi connectivity index (χ4v) is 4.71. The molecule has 156 valence electrons. The van der Waals surface area contributed by atoms with Crippen LogP contribution in [0.5, 0.6) is 0 Å². The Morgan fingerprint density at radius 2 is 1.58 bits per heavy atom. The second kappa shape index (κ2) is 9.29. The van der Waals surface area contributed by atoms with Gasteiger partial charge in [0.25, 0.3) is 0 Å². The van der Waals surface area contributed by atoms with E-state index in [1.165, 1.54) is 16.8 Å². The number of nitrogens with one attached hydrogen (secondary N) is 1. The number of piperazine rings is 1. The van der Waals surface area contributed by atoms with Gasteiger partial charge in [0.15, 0.2) is 5.13 Å². The number of para-hydroxylation sites is 1. The van der Waals surface area contributed by atoms with Gasteiger partial charge >= 0.3 is 0 Å². The summed E-state index contributed by atoms with van der Waals surface area (Å²) in [6, 6.07) is 25.2. The van der Waals surface area contributed by atoms with Crippen molar-refractivity contribution in [3.05, 3.63) is 90.8 Å². The van der Waals surface area contributed by atoms with Crippen LogP contribution in [0.2, 0.25) is 0 Å². The van der Waals surface area contributed by atoms with Crippen LogP contribution in [0.4, 0.5) is 16.6 Å². The normalized spacial score (nSPS) is 14.5. The van der Waals surface area contributed by atoms with Gasteiger partial charge in [-0.25, -0.2) is 9.97 Å². The number of anilines is 3. The largest absolute Gasteiger partial charge is 0.369 e. The number of thiazole rings is 1. The van der Waals surface area contributed by atoms with Crippen LogP contribution in [0.25, 0.3) is 10.4 Å². The summed E-state index contributed by atoms with van der Waals surface area (Å²) in [6.07, 6.45) is 3.79. The summed E-state index contributed by atoms with van der Waals surface area (Å²) in [5.41, 5.74) is 3.77. The molecule has 1 aliphatic heterocycles. The zero-order valence-corrected chi connectivity index (χ0v) is 18.1. The second-order valence-electron chi connectivity index (χ2n) is 7.67. The smallest absolute Gasteiger partial charge is 0.188 e. The van der Waals surface area contributed by atoms with Crippen LogP contribution in [-0.2, 0) is 6.54 Å². The van der Waals surface area contributed by atoms with Gasteiger partial charge in [-0.15, -0.1) is 0 Å². The molecule has 1 fully saturated rings. The van der Waals surface area contributed by atoms with Gasteiger partial charge in [0.05, 0.1) is 4.88 Å². The lowest BCUT2D eigenvalue weighted by atomic mass is 10.2. The van der Waals surface area contributed by atoms with Crippen LogP contribution in [0.1, 0.15) is 5.56 Å².